The number of halogens is 1. The van der Waals surface area contributed by atoms with Gasteiger partial charge in [0.2, 0.25) is 5.91 Å². The van der Waals surface area contributed by atoms with Crippen molar-refractivity contribution in [2.75, 3.05) is 19.6 Å². The van der Waals surface area contributed by atoms with Gasteiger partial charge in [-0.15, -0.1) is 0 Å². The van der Waals surface area contributed by atoms with Crippen LogP contribution in [0.15, 0.2) is 16.7 Å². The van der Waals surface area contributed by atoms with Crippen molar-refractivity contribution in [2.45, 2.75) is 26.4 Å². The maximum Gasteiger partial charge on any atom is 0.237 e. The van der Waals surface area contributed by atoms with E-state index in [0.29, 0.717) is 18.8 Å². The Morgan fingerprint density at radius 3 is 2.79 bits per heavy atom. The fourth-order valence-electron chi connectivity index (χ4n) is 2.21. The first-order valence-corrected chi connectivity index (χ1v) is 7.12. The van der Waals surface area contributed by atoms with Crippen molar-refractivity contribution in [3.63, 3.8) is 0 Å². The summed E-state index contributed by atoms with van der Waals surface area (Å²) in [4.78, 5) is 20.0. The van der Waals surface area contributed by atoms with Crippen molar-refractivity contribution in [1.29, 1.82) is 0 Å². The van der Waals surface area contributed by atoms with E-state index < -0.39 is 0 Å². The average molecular weight is 328 g/mol. The summed E-state index contributed by atoms with van der Waals surface area (Å²) in [5.74, 6) is 0.297. The van der Waals surface area contributed by atoms with E-state index in [2.05, 4.69) is 20.9 Å². The lowest BCUT2D eigenvalue weighted by Crippen LogP contribution is -2.52. The summed E-state index contributed by atoms with van der Waals surface area (Å²) in [6.07, 6.45) is 1.65. The highest BCUT2D eigenvalue weighted by Gasteiger charge is 2.26. The van der Waals surface area contributed by atoms with Crippen LogP contribution >= 0.6 is 15.9 Å². The Labute approximate surface area is 121 Å². The zero-order valence-corrected chi connectivity index (χ0v) is 12.7. The number of rotatable bonds is 3. The van der Waals surface area contributed by atoms with Gasteiger partial charge in [0, 0.05) is 36.3 Å². The van der Waals surface area contributed by atoms with E-state index in [1.807, 2.05) is 23.6 Å². The molecule has 5 nitrogen and oxygen atoms in total. The van der Waals surface area contributed by atoms with Crippen molar-refractivity contribution >= 4 is 21.8 Å². The van der Waals surface area contributed by atoms with E-state index in [9.17, 15) is 9.90 Å². The van der Waals surface area contributed by atoms with Gasteiger partial charge in [-0.3, -0.25) is 14.7 Å². The van der Waals surface area contributed by atoms with Crippen LogP contribution in [0.3, 0.4) is 0 Å². The SMILES string of the molecule is CC(C)N1CCN(Cc2ncc(Br)cc2O)CC1=O. The van der Waals surface area contributed by atoms with E-state index in [1.165, 1.54) is 0 Å². The van der Waals surface area contributed by atoms with Gasteiger partial charge in [0.15, 0.2) is 0 Å². The molecule has 0 aliphatic carbocycles. The molecule has 1 aromatic rings. The molecule has 104 valence electrons. The molecule has 0 spiro atoms. The predicted molar refractivity (Wildman–Crippen MR) is 75.7 cm³/mol. The molecule has 1 fully saturated rings. The Hall–Kier alpha value is -1.14. The lowest BCUT2D eigenvalue weighted by atomic mass is 10.2. The number of carbonyl (C=O) groups is 1. The number of carbonyl (C=O) groups excluding carboxylic acids is 1. The fraction of sp³-hybridized carbons (Fsp3) is 0.538. The molecule has 2 rings (SSSR count). The van der Waals surface area contributed by atoms with Crippen LogP contribution in [0.5, 0.6) is 5.75 Å². The summed E-state index contributed by atoms with van der Waals surface area (Å²) in [5.41, 5.74) is 0.606. The fourth-order valence-corrected chi connectivity index (χ4v) is 2.53. The second-order valence-electron chi connectivity index (χ2n) is 5.01. The molecule has 0 atom stereocenters. The largest absolute Gasteiger partial charge is 0.506 e. The van der Waals surface area contributed by atoms with Gasteiger partial charge in [0.1, 0.15) is 5.75 Å². The zero-order valence-electron chi connectivity index (χ0n) is 11.1. The number of pyridine rings is 1. The van der Waals surface area contributed by atoms with Gasteiger partial charge >= 0.3 is 0 Å². The van der Waals surface area contributed by atoms with Gasteiger partial charge in [-0.2, -0.15) is 0 Å². The smallest absolute Gasteiger partial charge is 0.237 e. The zero-order chi connectivity index (χ0) is 14.0. The highest BCUT2D eigenvalue weighted by Crippen LogP contribution is 2.21. The molecule has 6 heteroatoms. The van der Waals surface area contributed by atoms with Crippen molar-refractivity contribution < 1.29 is 9.90 Å². The van der Waals surface area contributed by atoms with Crippen molar-refractivity contribution in [3.05, 3.63) is 22.4 Å². The summed E-state index contributed by atoms with van der Waals surface area (Å²) in [6.45, 7) is 6.46. The molecule has 1 aromatic heterocycles. The topological polar surface area (TPSA) is 56.7 Å². The normalized spacial score (nSPS) is 17.3. The molecule has 0 bridgehead atoms. The number of aromatic hydroxyl groups is 1. The third kappa shape index (κ3) is 3.45. The van der Waals surface area contributed by atoms with Crippen molar-refractivity contribution in [1.82, 2.24) is 14.8 Å². The Morgan fingerprint density at radius 2 is 2.21 bits per heavy atom. The molecule has 1 saturated heterocycles. The molecule has 0 aromatic carbocycles. The van der Waals surface area contributed by atoms with Gasteiger partial charge < -0.3 is 10.0 Å². The second kappa shape index (κ2) is 5.88. The Morgan fingerprint density at radius 1 is 1.47 bits per heavy atom. The van der Waals surface area contributed by atoms with E-state index >= 15 is 0 Å². The quantitative estimate of drug-likeness (QED) is 0.916. The molecule has 1 N–H and O–H groups in total. The van der Waals surface area contributed by atoms with E-state index in [0.717, 1.165) is 17.6 Å². The first-order chi connectivity index (χ1) is 8.97. The van der Waals surface area contributed by atoms with Crippen LogP contribution in [0.4, 0.5) is 0 Å². The van der Waals surface area contributed by atoms with Gasteiger partial charge in [0.25, 0.3) is 0 Å². The number of hydrogen-bond acceptors (Lipinski definition) is 4. The highest BCUT2D eigenvalue weighted by atomic mass is 79.9. The lowest BCUT2D eigenvalue weighted by Gasteiger charge is -2.36. The lowest BCUT2D eigenvalue weighted by molar-refractivity contribution is -0.138. The molecule has 19 heavy (non-hydrogen) atoms. The molecule has 1 amide bonds. The molecule has 0 saturated carbocycles. The van der Waals surface area contributed by atoms with Crippen LogP contribution in [-0.4, -0.2) is 51.5 Å². The minimum atomic E-state index is 0.137. The second-order valence-corrected chi connectivity index (χ2v) is 5.93. The number of piperazine rings is 1. The molecule has 2 heterocycles. The van der Waals surface area contributed by atoms with Gasteiger partial charge in [-0.25, -0.2) is 0 Å². The van der Waals surface area contributed by atoms with Gasteiger partial charge in [0.05, 0.1) is 12.2 Å². The van der Waals surface area contributed by atoms with Gasteiger partial charge in [-0.05, 0) is 35.8 Å². The van der Waals surface area contributed by atoms with Crippen LogP contribution in [-0.2, 0) is 11.3 Å². The minimum Gasteiger partial charge on any atom is -0.506 e. The van der Waals surface area contributed by atoms with E-state index in [4.69, 9.17) is 0 Å². The van der Waals surface area contributed by atoms with E-state index in [1.54, 1.807) is 12.3 Å². The Bertz CT molecular complexity index is 479. The molecular weight excluding hydrogens is 310 g/mol. The van der Waals surface area contributed by atoms with Crippen molar-refractivity contribution in [2.24, 2.45) is 0 Å². The number of aromatic nitrogens is 1. The first-order valence-electron chi connectivity index (χ1n) is 6.32. The van der Waals surface area contributed by atoms with Crippen LogP contribution in [0.1, 0.15) is 19.5 Å². The predicted octanol–water partition coefficient (Wildman–Crippen LogP) is 1.60. The maximum absolute atomic E-state index is 12.0. The minimum absolute atomic E-state index is 0.137. The standard InChI is InChI=1S/C13H18BrN3O2/c1-9(2)17-4-3-16(8-13(17)19)7-11-12(18)5-10(14)6-15-11/h5-6,9,18H,3-4,7-8H2,1-2H3. The molecular formula is C13H18BrN3O2. The molecule has 1 aliphatic rings. The summed E-state index contributed by atoms with van der Waals surface area (Å²) in [5, 5.41) is 9.81. The summed E-state index contributed by atoms with van der Waals surface area (Å²) >= 11 is 3.26. The van der Waals surface area contributed by atoms with E-state index in [-0.39, 0.29) is 17.7 Å². The average Bonchev–Trinajstić information content (AvgIpc) is 2.32. The van der Waals surface area contributed by atoms with Gasteiger partial charge in [-0.1, -0.05) is 0 Å². The summed E-state index contributed by atoms with van der Waals surface area (Å²) in [7, 11) is 0. The Balaban J connectivity index is 2.00. The molecule has 0 radical (unpaired) electrons. The molecule has 0 unspecified atom stereocenters. The number of hydrogen-bond donors (Lipinski definition) is 1. The monoisotopic (exact) mass is 327 g/mol. The Kier molecular flexibility index (Phi) is 4.42. The summed E-state index contributed by atoms with van der Waals surface area (Å²) in [6, 6.07) is 1.86. The third-order valence-electron chi connectivity index (χ3n) is 3.25. The highest BCUT2D eigenvalue weighted by molar-refractivity contribution is 9.10. The first kappa shape index (κ1) is 14.3. The number of nitrogens with zero attached hydrogens (tertiary/aromatic N) is 3. The van der Waals surface area contributed by atoms with Crippen LogP contribution in [0.2, 0.25) is 0 Å². The summed E-state index contributed by atoms with van der Waals surface area (Å²) < 4.78 is 0.745. The molecule has 1 aliphatic heterocycles. The third-order valence-corrected chi connectivity index (χ3v) is 3.68. The van der Waals surface area contributed by atoms with Crippen molar-refractivity contribution in [3.8, 4) is 5.75 Å². The maximum atomic E-state index is 12.0. The van der Waals surface area contributed by atoms with Crippen LogP contribution in [0, 0.1) is 0 Å². The number of amides is 1. The van der Waals surface area contributed by atoms with Crippen LogP contribution in [0.25, 0.3) is 0 Å². The van der Waals surface area contributed by atoms with Crippen LogP contribution < -0.4 is 0 Å².